The largest absolute Gasteiger partial charge is 0.457 e. The molecule has 0 spiro atoms. The molecular weight excluding hydrogens is 540 g/mol. The summed E-state index contributed by atoms with van der Waals surface area (Å²) >= 11 is 0. The highest BCUT2D eigenvalue weighted by molar-refractivity contribution is 7.89. The van der Waals surface area contributed by atoms with Crippen molar-refractivity contribution >= 4 is 33.7 Å². The molecule has 0 radical (unpaired) electrons. The second-order valence-corrected chi connectivity index (χ2v) is 11.0. The van der Waals surface area contributed by atoms with E-state index >= 15 is 0 Å². The van der Waals surface area contributed by atoms with Crippen LogP contribution in [0.5, 0.6) is 11.5 Å². The van der Waals surface area contributed by atoms with Gasteiger partial charge in [0.1, 0.15) is 11.5 Å². The van der Waals surface area contributed by atoms with Gasteiger partial charge in [-0.2, -0.15) is 9.41 Å². The van der Waals surface area contributed by atoms with Crippen LogP contribution in [0.25, 0.3) is 0 Å². The van der Waals surface area contributed by atoms with E-state index in [1.165, 1.54) is 37.4 Å². The third kappa shape index (κ3) is 8.85. The average Bonchev–Trinajstić information content (AvgIpc) is 2.96. The number of hydrogen-bond acceptors (Lipinski definition) is 6. The van der Waals surface area contributed by atoms with Crippen molar-refractivity contribution in [1.82, 2.24) is 9.73 Å². The van der Waals surface area contributed by atoms with Gasteiger partial charge in [0.05, 0.1) is 17.7 Å². The molecule has 0 unspecified atom stereocenters. The smallest absolute Gasteiger partial charge is 0.255 e. The van der Waals surface area contributed by atoms with Gasteiger partial charge in [0.2, 0.25) is 15.9 Å². The Morgan fingerprint density at radius 3 is 2.20 bits per heavy atom. The summed E-state index contributed by atoms with van der Waals surface area (Å²) in [5, 5.41) is 6.62. The molecule has 2 amide bonds. The molecule has 0 saturated carbocycles. The number of rotatable bonds is 12. The second kappa shape index (κ2) is 14.0. The lowest BCUT2D eigenvalue weighted by Crippen LogP contribution is -2.40. The summed E-state index contributed by atoms with van der Waals surface area (Å²) in [6.07, 6.45) is 1.87. The average molecular weight is 571 g/mol. The van der Waals surface area contributed by atoms with Gasteiger partial charge in [-0.25, -0.2) is 13.8 Å². The number of sulfonamides is 1. The molecule has 0 fully saturated rings. The first-order chi connectivity index (χ1) is 19.8. The van der Waals surface area contributed by atoms with Gasteiger partial charge in [-0.15, -0.1) is 0 Å². The Morgan fingerprint density at radius 2 is 1.51 bits per heavy atom. The predicted octanol–water partition coefficient (Wildman–Crippen LogP) is 4.82. The molecular formula is C31H30N4O5S. The van der Waals surface area contributed by atoms with Crippen molar-refractivity contribution in [1.29, 1.82) is 0 Å². The Kier molecular flexibility index (Phi) is 9.98. The van der Waals surface area contributed by atoms with Crippen LogP contribution in [0.2, 0.25) is 0 Å². The van der Waals surface area contributed by atoms with E-state index in [1.807, 2.05) is 60.7 Å². The summed E-state index contributed by atoms with van der Waals surface area (Å²) in [7, 11) is -4.03. The Hall–Kier alpha value is -4.80. The van der Waals surface area contributed by atoms with Gasteiger partial charge in [0, 0.05) is 19.2 Å². The van der Waals surface area contributed by atoms with Gasteiger partial charge in [-0.3, -0.25) is 9.59 Å². The lowest BCUT2D eigenvalue weighted by molar-refractivity contribution is -0.121. The van der Waals surface area contributed by atoms with E-state index in [0.29, 0.717) is 29.2 Å². The summed E-state index contributed by atoms with van der Waals surface area (Å²) in [5.41, 5.74) is 4.51. The molecule has 0 aliphatic rings. The highest BCUT2D eigenvalue weighted by Crippen LogP contribution is 2.22. The minimum Gasteiger partial charge on any atom is -0.457 e. The van der Waals surface area contributed by atoms with Crippen LogP contribution in [0.4, 0.5) is 5.69 Å². The minimum absolute atomic E-state index is 0.00574. The van der Waals surface area contributed by atoms with Crippen molar-refractivity contribution in [3.63, 3.8) is 0 Å². The molecule has 210 valence electrons. The van der Waals surface area contributed by atoms with Crippen LogP contribution >= 0.6 is 0 Å². The van der Waals surface area contributed by atoms with E-state index in [1.54, 1.807) is 24.3 Å². The lowest BCUT2D eigenvalue weighted by atomic mass is 10.1. The topological polar surface area (TPSA) is 117 Å². The van der Waals surface area contributed by atoms with Crippen LogP contribution in [0.3, 0.4) is 0 Å². The number of para-hydroxylation sites is 1. The van der Waals surface area contributed by atoms with Crippen LogP contribution in [-0.2, 0) is 26.0 Å². The first kappa shape index (κ1) is 29.2. The molecule has 4 rings (SSSR count). The van der Waals surface area contributed by atoms with Crippen molar-refractivity contribution in [3.05, 3.63) is 120 Å². The predicted molar refractivity (Wildman–Crippen MR) is 158 cm³/mol. The molecule has 41 heavy (non-hydrogen) atoms. The summed E-state index contributed by atoms with van der Waals surface area (Å²) in [6, 6.07) is 31.7. The van der Waals surface area contributed by atoms with Gasteiger partial charge < -0.3 is 10.1 Å². The van der Waals surface area contributed by atoms with Gasteiger partial charge in [-0.05, 0) is 66.1 Å². The fraction of sp³-hybridized carbons (Fsp3) is 0.129. The first-order valence-corrected chi connectivity index (χ1v) is 14.3. The fourth-order valence-corrected chi connectivity index (χ4v) is 5.30. The Balaban J connectivity index is 1.44. The van der Waals surface area contributed by atoms with Crippen molar-refractivity contribution < 1.29 is 22.7 Å². The van der Waals surface area contributed by atoms with Crippen LogP contribution in [0.1, 0.15) is 18.1 Å². The molecule has 0 bridgehead atoms. The highest BCUT2D eigenvalue weighted by Gasteiger charge is 2.26. The summed E-state index contributed by atoms with van der Waals surface area (Å²) in [5.74, 6) is 0.438. The third-order valence-electron chi connectivity index (χ3n) is 5.86. The maximum atomic E-state index is 13.5. The fourth-order valence-electron chi connectivity index (χ4n) is 3.90. The molecule has 0 atom stereocenters. The standard InChI is InChI=1S/C31H30N4O5S/c1-24(36)33-27-15-17-30(18-16-27)41(38,39)35(20-19-25-9-4-2-5-10-25)23-31(37)34-32-22-26-11-8-14-29(21-26)40-28-12-6-3-7-13-28/h2-18,21-22H,19-20,23H2,1H3,(H,33,36)(H,34,37). The van der Waals surface area contributed by atoms with Gasteiger partial charge in [-0.1, -0.05) is 60.7 Å². The molecule has 0 aromatic heterocycles. The number of nitrogens with one attached hydrogen (secondary N) is 2. The maximum absolute atomic E-state index is 13.5. The van der Waals surface area contributed by atoms with Crippen LogP contribution < -0.4 is 15.5 Å². The zero-order valence-corrected chi connectivity index (χ0v) is 23.3. The molecule has 0 saturated heterocycles. The Bertz CT molecular complexity index is 1590. The van der Waals surface area contributed by atoms with E-state index in [4.69, 9.17) is 4.74 Å². The summed E-state index contributed by atoms with van der Waals surface area (Å²) in [6.45, 7) is 1.01. The second-order valence-electron chi connectivity index (χ2n) is 9.06. The van der Waals surface area contributed by atoms with Crippen molar-refractivity contribution in [2.45, 2.75) is 18.2 Å². The number of amides is 2. The quantitative estimate of drug-likeness (QED) is 0.187. The molecule has 4 aromatic carbocycles. The van der Waals surface area contributed by atoms with E-state index < -0.39 is 22.5 Å². The summed E-state index contributed by atoms with van der Waals surface area (Å²) in [4.78, 5) is 24.1. The minimum atomic E-state index is -4.03. The number of benzene rings is 4. The van der Waals surface area contributed by atoms with Gasteiger partial charge in [0.15, 0.2) is 0 Å². The van der Waals surface area contributed by atoms with E-state index in [0.717, 1.165) is 9.87 Å². The molecule has 9 nitrogen and oxygen atoms in total. The molecule has 2 N–H and O–H groups in total. The number of hydrazone groups is 1. The van der Waals surface area contributed by atoms with Crippen LogP contribution in [0.15, 0.2) is 119 Å². The van der Waals surface area contributed by atoms with E-state index in [9.17, 15) is 18.0 Å². The SMILES string of the molecule is CC(=O)Nc1ccc(S(=O)(=O)N(CCc2ccccc2)CC(=O)NN=Cc2cccc(Oc3ccccc3)c2)cc1. The maximum Gasteiger partial charge on any atom is 0.255 e. The lowest BCUT2D eigenvalue weighted by Gasteiger charge is -2.21. The van der Waals surface area contributed by atoms with Crippen molar-refractivity contribution in [2.75, 3.05) is 18.4 Å². The number of carbonyl (C=O) groups excluding carboxylic acids is 2. The zero-order chi connectivity index (χ0) is 29.1. The number of nitrogens with zero attached hydrogens (tertiary/aromatic N) is 2. The number of hydrogen-bond donors (Lipinski definition) is 2. The Labute approximate surface area is 239 Å². The zero-order valence-electron chi connectivity index (χ0n) is 22.4. The number of carbonyl (C=O) groups is 2. The number of anilines is 1. The molecule has 10 heteroatoms. The number of ether oxygens (including phenoxy) is 1. The molecule has 4 aromatic rings. The van der Waals surface area contributed by atoms with E-state index in [2.05, 4.69) is 15.8 Å². The monoisotopic (exact) mass is 570 g/mol. The van der Waals surface area contributed by atoms with Crippen LogP contribution in [-0.4, -0.2) is 43.8 Å². The summed E-state index contributed by atoms with van der Waals surface area (Å²) < 4.78 is 34.0. The van der Waals surface area contributed by atoms with Crippen molar-refractivity contribution in [3.8, 4) is 11.5 Å². The van der Waals surface area contributed by atoms with E-state index in [-0.39, 0.29) is 17.3 Å². The van der Waals surface area contributed by atoms with Crippen LogP contribution in [0, 0.1) is 0 Å². The first-order valence-electron chi connectivity index (χ1n) is 12.9. The molecule has 0 aliphatic heterocycles. The highest BCUT2D eigenvalue weighted by atomic mass is 32.2. The van der Waals surface area contributed by atoms with Crippen molar-refractivity contribution in [2.24, 2.45) is 5.10 Å². The Morgan fingerprint density at radius 1 is 0.854 bits per heavy atom. The van der Waals surface area contributed by atoms with Gasteiger partial charge in [0.25, 0.3) is 5.91 Å². The normalized spacial score (nSPS) is 11.4. The molecule has 0 heterocycles. The third-order valence-corrected chi connectivity index (χ3v) is 7.72. The molecule has 0 aliphatic carbocycles. The van der Waals surface area contributed by atoms with Gasteiger partial charge >= 0.3 is 0 Å².